The Morgan fingerprint density at radius 3 is 2.69 bits per heavy atom. The zero-order valence-corrected chi connectivity index (χ0v) is 15.2. The van der Waals surface area contributed by atoms with Gasteiger partial charge < -0.3 is 19.4 Å². The number of methoxy groups -OCH3 is 2. The second-order valence-electron chi connectivity index (χ2n) is 6.05. The van der Waals surface area contributed by atoms with Crippen LogP contribution in [0.25, 0.3) is 11.0 Å². The molecule has 0 aliphatic rings. The first-order valence-electron chi connectivity index (χ1n) is 8.54. The molecule has 1 amide bonds. The molecule has 0 radical (unpaired) electrons. The van der Waals surface area contributed by atoms with Crippen LogP contribution >= 0.6 is 0 Å². The highest BCUT2D eigenvalue weighted by Gasteiger charge is 2.16. The Bertz CT molecular complexity index is 904. The lowest BCUT2D eigenvalue weighted by Gasteiger charge is -2.15. The summed E-state index contributed by atoms with van der Waals surface area (Å²) >= 11 is 0. The molecule has 6 heteroatoms. The predicted molar refractivity (Wildman–Crippen MR) is 101 cm³/mol. The van der Waals surface area contributed by atoms with E-state index in [0.717, 1.165) is 16.6 Å². The minimum atomic E-state index is -0.326. The lowest BCUT2D eigenvalue weighted by atomic mass is 10.1. The number of hydrogen-bond acceptors (Lipinski definition) is 4. The number of imidazole rings is 1. The zero-order valence-electron chi connectivity index (χ0n) is 15.2. The van der Waals surface area contributed by atoms with Gasteiger partial charge in [0.2, 0.25) is 5.91 Å². The van der Waals surface area contributed by atoms with Crippen LogP contribution in [0.1, 0.15) is 18.5 Å². The SMILES string of the molecule is COc1ccc(CCNC(=O)C(C)n2cnc3ccccc32)cc1OC. The predicted octanol–water partition coefficient (Wildman–Crippen LogP) is 2.97. The minimum absolute atomic E-state index is 0.0337. The number of carbonyl (C=O) groups is 1. The highest BCUT2D eigenvalue weighted by Crippen LogP contribution is 2.27. The number of nitrogens with zero attached hydrogens (tertiary/aromatic N) is 2. The van der Waals surface area contributed by atoms with Crippen molar-refractivity contribution in [1.29, 1.82) is 0 Å². The van der Waals surface area contributed by atoms with Gasteiger partial charge >= 0.3 is 0 Å². The summed E-state index contributed by atoms with van der Waals surface area (Å²) in [6, 6.07) is 13.2. The summed E-state index contributed by atoms with van der Waals surface area (Å²) in [5.41, 5.74) is 2.91. The van der Waals surface area contributed by atoms with Crippen molar-refractivity contribution < 1.29 is 14.3 Å². The van der Waals surface area contributed by atoms with Crippen LogP contribution in [0.5, 0.6) is 11.5 Å². The number of benzene rings is 2. The van der Waals surface area contributed by atoms with Gasteiger partial charge in [-0.3, -0.25) is 4.79 Å². The number of hydrogen-bond donors (Lipinski definition) is 1. The summed E-state index contributed by atoms with van der Waals surface area (Å²) in [6.07, 6.45) is 2.42. The van der Waals surface area contributed by atoms with Gasteiger partial charge in [-0.05, 0) is 43.2 Å². The molecular weight excluding hydrogens is 330 g/mol. The van der Waals surface area contributed by atoms with Crippen LogP contribution < -0.4 is 14.8 Å². The summed E-state index contributed by atoms with van der Waals surface area (Å²) in [6.45, 7) is 2.42. The molecule has 6 nitrogen and oxygen atoms in total. The summed E-state index contributed by atoms with van der Waals surface area (Å²) < 4.78 is 12.4. The molecule has 0 spiro atoms. The average Bonchev–Trinajstić information content (AvgIpc) is 3.11. The minimum Gasteiger partial charge on any atom is -0.493 e. The normalized spacial score (nSPS) is 12.0. The third-order valence-electron chi connectivity index (χ3n) is 4.44. The highest BCUT2D eigenvalue weighted by molar-refractivity contribution is 5.83. The van der Waals surface area contributed by atoms with Gasteiger partial charge in [0.1, 0.15) is 6.04 Å². The maximum atomic E-state index is 12.5. The van der Waals surface area contributed by atoms with Crippen LogP contribution in [0.15, 0.2) is 48.8 Å². The molecule has 1 N–H and O–H groups in total. The van der Waals surface area contributed by atoms with Crippen LogP contribution in [-0.4, -0.2) is 36.2 Å². The Labute approximate surface area is 152 Å². The zero-order chi connectivity index (χ0) is 18.5. The van der Waals surface area contributed by atoms with Crippen LogP contribution in [0.4, 0.5) is 0 Å². The van der Waals surface area contributed by atoms with Crippen molar-refractivity contribution in [3.8, 4) is 11.5 Å². The van der Waals surface area contributed by atoms with E-state index < -0.39 is 0 Å². The second-order valence-corrected chi connectivity index (χ2v) is 6.05. The van der Waals surface area contributed by atoms with Gasteiger partial charge in [0, 0.05) is 6.54 Å². The molecule has 3 aromatic rings. The summed E-state index contributed by atoms with van der Waals surface area (Å²) in [7, 11) is 3.22. The van der Waals surface area contributed by atoms with Crippen LogP contribution in [-0.2, 0) is 11.2 Å². The molecule has 26 heavy (non-hydrogen) atoms. The number of rotatable bonds is 7. The Hall–Kier alpha value is -3.02. The number of fused-ring (bicyclic) bond motifs is 1. The molecule has 0 saturated carbocycles. The third-order valence-corrected chi connectivity index (χ3v) is 4.44. The van der Waals surface area contributed by atoms with Crippen LogP contribution in [0, 0.1) is 0 Å². The van der Waals surface area contributed by atoms with E-state index in [1.165, 1.54) is 0 Å². The Morgan fingerprint density at radius 2 is 1.92 bits per heavy atom. The van der Waals surface area contributed by atoms with Gasteiger partial charge in [0.25, 0.3) is 0 Å². The van der Waals surface area contributed by atoms with Crippen molar-refractivity contribution in [3.05, 3.63) is 54.4 Å². The topological polar surface area (TPSA) is 65.4 Å². The first-order chi connectivity index (χ1) is 12.6. The molecule has 0 bridgehead atoms. The number of nitrogens with one attached hydrogen (secondary N) is 1. The fraction of sp³-hybridized carbons (Fsp3) is 0.300. The number of carbonyl (C=O) groups excluding carboxylic acids is 1. The van der Waals surface area contributed by atoms with Gasteiger partial charge in [-0.15, -0.1) is 0 Å². The molecule has 0 fully saturated rings. The Balaban J connectivity index is 1.60. The van der Waals surface area contributed by atoms with E-state index in [0.29, 0.717) is 24.5 Å². The molecule has 136 valence electrons. The fourth-order valence-corrected chi connectivity index (χ4v) is 2.93. The first-order valence-corrected chi connectivity index (χ1v) is 8.54. The number of amides is 1. The maximum absolute atomic E-state index is 12.5. The van der Waals surface area contributed by atoms with E-state index in [9.17, 15) is 4.79 Å². The summed E-state index contributed by atoms with van der Waals surface area (Å²) in [5.74, 6) is 1.35. The fourth-order valence-electron chi connectivity index (χ4n) is 2.93. The molecule has 1 aromatic heterocycles. The monoisotopic (exact) mass is 353 g/mol. The van der Waals surface area contributed by atoms with Crippen molar-refractivity contribution in [2.24, 2.45) is 0 Å². The molecule has 2 aromatic carbocycles. The van der Waals surface area contributed by atoms with E-state index in [1.54, 1.807) is 20.5 Å². The van der Waals surface area contributed by atoms with Gasteiger partial charge in [0.15, 0.2) is 11.5 Å². The lowest BCUT2D eigenvalue weighted by Crippen LogP contribution is -2.32. The molecule has 1 heterocycles. The third kappa shape index (κ3) is 3.64. The highest BCUT2D eigenvalue weighted by atomic mass is 16.5. The summed E-state index contributed by atoms with van der Waals surface area (Å²) in [4.78, 5) is 16.8. The molecule has 1 atom stereocenters. The van der Waals surface area contributed by atoms with Gasteiger partial charge in [0.05, 0.1) is 31.6 Å². The average molecular weight is 353 g/mol. The van der Waals surface area contributed by atoms with Gasteiger partial charge in [-0.2, -0.15) is 0 Å². The van der Waals surface area contributed by atoms with E-state index in [2.05, 4.69) is 10.3 Å². The molecule has 1 unspecified atom stereocenters. The van der Waals surface area contributed by atoms with Crippen molar-refractivity contribution >= 4 is 16.9 Å². The molecular formula is C20H23N3O3. The van der Waals surface area contributed by atoms with Crippen molar-refractivity contribution in [2.75, 3.05) is 20.8 Å². The van der Waals surface area contributed by atoms with Crippen LogP contribution in [0.3, 0.4) is 0 Å². The standard InChI is InChI=1S/C20H23N3O3/c1-14(23-13-22-16-6-4-5-7-17(16)23)20(24)21-11-10-15-8-9-18(25-2)19(12-15)26-3/h4-9,12-14H,10-11H2,1-3H3,(H,21,24). The smallest absolute Gasteiger partial charge is 0.242 e. The molecule has 3 rings (SSSR count). The number of aromatic nitrogens is 2. The van der Waals surface area contributed by atoms with Gasteiger partial charge in [-0.25, -0.2) is 4.98 Å². The second kappa shape index (κ2) is 7.91. The Morgan fingerprint density at radius 1 is 1.15 bits per heavy atom. The van der Waals surface area contributed by atoms with E-state index in [-0.39, 0.29) is 11.9 Å². The molecule has 0 aliphatic carbocycles. The van der Waals surface area contributed by atoms with E-state index in [1.807, 2.05) is 54.0 Å². The van der Waals surface area contributed by atoms with Crippen LogP contribution in [0.2, 0.25) is 0 Å². The quantitative estimate of drug-likeness (QED) is 0.709. The van der Waals surface area contributed by atoms with E-state index in [4.69, 9.17) is 9.47 Å². The van der Waals surface area contributed by atoms with Crippen molar-refractivity contribution in [2.45, 2.75) is 19.4 Å². The summed E-state index contributed by atoms with van der Waals surface area (Å²) in [5, 5.41) is 2.99. The number of ether oxygens (including phenoxy) is 2. The molecule has 0 saturated heterocycles. The van der Waals surface area contributed by atoms with Gasteiger partial charge in [-0.1, -0.05) is 18.2 Å². The van der Waals surface area contributed by atoms with Crippen molar-refractivity contribution in [3.63, 3.8) is 0 Å². The van der Waals surface area contributed by atoms with E-state index >= 15 is 0 Å². The maximum Gasteiger partial charge on any atom is 0.242 e. The molecule has 0 aliphatic heterocycles. The largest absolute Gasteiger partial charge is 0.493 e. The number of para-hydroxylation sites is 2. The van der Waals surface area contributed by atoms with Crippen molar-refractivity contribution in [1.82, 2.24) is 14.9 Å². The first kappa shape index (κ1) is 17.8. The Kier molecular flexibility index (Phi) is 5.41. The lowest BCUT2D eigenvalue weighted by molar-refractivity contribution is -0.123.